The molecule has 1 fully saturated rings. The van der Waals surface area contributed by atoms with Crippen molar-refractivity contribution in [2.75, 3.05) is 18.4 Å². The molecule has 0 spiro atoms. The maximum atomic E-state index is 13.4. The van der Waals surface area contributed by atoms with Gasteiger partial charge in [-0.3, -0.25) is 14.5 Å². The number of nitrogens with zero attached hydrogens (tertiary/aromatic N) is 1. The molecule has 1 aromatic heterocycles. The molecule has 4 rings (SSSR count). The van der Waals surface area contributed by atoms with E-state index in [9.17, 15) is 9.59 Å². The van der Waals surface area contributed by atoms with Crippen molar-refractivity contribution in [2.45, 2.75) is 38.8 Å². The fourth-order valence-corrected chi connectivity index (χ4v) is 5.01. The monoisotopic (exact) mass is 447 g/mol. The van der Waals surface area contributed by atoms with E-state index in [2.05, 4.69) is 21.6 Å². The van der Waals surface area contributed by atoms with Gasteiger partial charge < -0.3 is 10.6 Å². The van der Waals surface area contributed by atoms with Crippen LogP contribution in [-0.4, -0.2) is 35.8 Å². The van der Waals surface area contributed by atoms with Crippen molar-refractivity contribution in [3.8, 4) is 0 Å². The lowest BCUT2D eigenvalue weighted by Crippen LogP contribution is -2.47. The van der Waals surface area contributed by atoms with Crippen molar-refractivity contribution in [2.24, 2.45) is 0 Å². The third-order valence-corrected chi connectivity index (χ3v) is 6.70. The van der Waals surface area contributed by atoms with Crippen LogP contribution in [0.5, 0.6) is 0 Å². The highest BCUT2D eigenvalue weighted by atomic mass is 32.1. The number of nitrogens with one attached hydrogen (secondary N) is 2. The number of piperidine rings is 1. The van der Waals surface area contributed by atoms with Gasteiger partial charge >= 0.3 is 0 Å². The van der Waals surface area contributed by atoms with Gasteiger partial charge in [0.2, 0.25) is 5.91 Å². The maximum Gasteiger partial charge on any atom is 0.261 e. The highest BCUT2D eigenvalue weighted by Gasteiger charge is 2.31. The number of carbonyl (C=O) groups excluding carboxylic acids is 2. The van der Waals surface area contributed by atoms with Gasteiger partial charge in [0.05, 0.1) is 4.88 Å². The molecule has 0 saturated carbocycles. The van der Waals surface area contributed by atoms with Gasteiger partial charge in [0.15, 0.2) is 0 Å². The Balaban J connectivity index is 1.45. The maximum absolute atomic E-state index is 13.4. The van der Waals surface area contributed by atoms with Gasteiger partial charge in [0, 0.05) is 24.8 Å². The number of thiophene rings is 1. The lowest BCUT2D eigenvalue weighted by atomic mass is 9.98. The molecule has 0 bridgehead atoms. The fraction of sp³-hybridized carbons (Fsp3) is 0.308. The third-order valence-electron chi connectivity index (χ3n) is 5.83. The normalized spacial score (nSPS) is 15.8. The van der Waals surface area contributed by atoms with Crippen LogP contribution in [0.25, 0.3) is 0 Å². The molecule has 2 N–H and O–H groups in total. The second-order valence-electron chi connectivity index (χ2n) is 8.44. The number of anilines is 1. The summed E-state index contributed by atoms with van der Waals surface area (Å²) in [5, 5.41) is 8.19. The summed E-state index contributed by atoms with van der Waals surface area (Å²) in [6, 6.07) is 19.5. The molecule has 166 valence electrons. The Morgan fingerprint density at radius 3 is 2.28 bits per heavy atom. The van der Waals surface area contributed by atoms with Crippen molar-refractivity contribution >= 4 is 28.8 Å². The van der Waals surface area contributed by atoms with Crippen LogP contribution in [0.1, 0.15) is 45.2 Å². The number of hydrogen-bond acceptors (Lipinski definition) is 4. The Morgan fingerprint density at radius 1 is 0.969 bits per heavy atom. The van der Waals surface area contributed by atoms with Crippen molar-refractivity contribution in [1.82, 2.24) is 10.2 Å². The second-order valence-corrected chi connectivity index (χ2v) is 9.39. The van der Waals surface area contributed by atoms with Crippen molar-refractivity contribution in [1.29, 1.82) is 0 Å². The number of carbonyl (C=O) groups is 2. The summed E-state index contributed by atoms with van der Waals surface area (Å²) in [6.45, 7) is 5.56. The average Bonchev–Trinajstić information content (AvgIpc) is 3.30. The third kappa shape index (κ3) is 5.44. The summed E-state index contributed by atoms with van der Waals surface area (Å²) in [4.78, 5) is 28.8. The van der Waals surface area contributed by atoms with Gasteiger partial charge in [0.25, 0.3) is 5.91 Å². The SMILES string of the molecule is Cc1cc(C)cc(NC(=O)C(c2ccccc2)N2CCC(NC(=O)c3cccs3)CC2)c1. The Morgan fingerprint density at radius 2 is 1.66 bits per heavy atom. The minimum absolute atomic E-state index is 0.00869. The lowest BCUT2D eigenvalue weighted by molar-refractivity contribution is -0.122. The Bertz CT molecular complexity index is 1040. The van der Waals surface area contributed by atoms with E-state index in [1.807, 2.05) is 73.8 Å². The first-order valence-corrected chi connectivity index (χ1v) is 11.9. The minimum atomic E-state index is -0.369. The van der Waals surface area contributed by atoms with E-state index < -0.39 is 0 Å². The van der Waals surface area contributed by atoms with Gasteiger partial charge in [-0.05, 0) is 67.0 Å². The van der Waals surface area contributed by atoms with Crippen molar-refractivity contribution < 1.29 is 9.59 Å². The number of aryl methyl sites for hydroxylation is 2. The summed E-state index contributed by atoms with van der Waals surface area (Å²) < 4.78 is 0. The first-order valence-electron chi connectivity index (χ1n) is 11.0. The fourth-order valence-electron chi connectivity index (χ4n) is 4.39. The first-order chi connectivity index (χ1) is 15.5. The van der Waals surface area contributed by atoms with E-state index in [4.69, 9.17) is 0 Å². The van der Waals surface area contributed by atoms with Crippen LogP contribution in [0.4, 0.5) is 5.69 Å². The predicted octanol–water partition coefficient (Wildman–Crippen LogP) is 4.94. The zero-order valence-electron chi connectivity index (χ0n) is 18.5. The predicted molar refractivity (Wildman–Crippen MR) is 130 cm³/mol. The molecule has 3 aromatic rings. The number of rotatable bonds is 6. The van der Waals surface area contributed by atoms with E-state index in [1.165, 1.54) is 11.3 Å². The molecule has 2 amide bonds. The largest absolute Gasteiger partial charge is 0.349 e. The summed E-state index contributed by atoms with van der Waals surface area (Å²) >= 11 is 1.45. The lowest BCUT2D eigenvalue weighted by Gasteiger charge is -2.37. The van der Waals surface area contributed by atoms with E-state index in [0.29, 0.717) is 0 Å². The first kappa shape index (κ1) is 22.2. The van der Waals surface area contributed by atoms with Crippen LogP contribution in [0.15, 0.2) is 66.0 Å². The van der Waals surface area contributed by atoms with E-state index in [0.717, 1.165) is 53.2 Å². The molecular weight excluding hydrogens is 418 g/mol. The number of amides is 2. The van der Waals surface area contributed by atoms with E-state index in [-0.39, 0.29) is 23.9 Å². The summed E-state index contributed by atoms with van der Waals surface area (Å²) in [6.07, 6.45) is 1.63. The quantitative estimate of drug-likeness (QED) is 0.563. The number of benzene rings is 2. The molecule has 1 saturated heterocycles. The Hall–Kier alpha value is -2.96. The molecule has 5 nitrogen and oxygen atoms in total. The standard InChI is InChI=1S/C26H29N3O2S/c1-18-15-19(2)17-22(16-18)28-26(31)24(20-7-4-3-5-8-20)29-12-10-21(11-13-29)27-25(30)23-9-6-14-32-23/h3-9,14-17,21,24H,10-13H2,1-2H3,(H,27,30)(H,28,31). The minimum Gasteiger partial charge on any atom is -0.349 e. The summed E-state index contributed by atoms with van der Waals surface area (Å²) in [5.41, 5.74) is 4.06. The topological polar surface area (TPSA) is 61.4 Å². The van der Waals surface area contributed by atoms with Crippen LogP contribution in [-0.2, 0) is 4.79 Å². The van der Waals surface area contributed by atoms with Crippen molar-refractivity contribution in [3.63, 3.8) is 0 Å². The molecule has 32 heavy (non-hydrogen) atoms. The molecule has 2 heterocycles. The van der Waals surface area contributed by atoms with Gasteiger partial charge in [-0.25, -0.2) is 0 Å². The molecular formula is C26H29N3O2S. The smallest absolute Gasteiger partial charge is 0.261 e. The highest BCUT2D eigenvalue weighted by Crippen LogP contribution is 2.27. The second kappa shape index (κ2) is 10.1. The van der Waals surface area contributed by atoms with Crippen LogP contribution in [0.3, 0.4) is 0 Å². The molecule has 1 aliphatic rings. The molecule has 1 unspecified atom stereocenters. The number of likely N-dealkylation sites (tertiary alicyclic amines) is 1. The van der Waals surface area contributed by atoms with Gasteiger partial charge in [0.1, 0.15) is 6.04 Å². The molecule has 0 aliphatic carbocycles. The van der Waals surface area contributed by atoms with Crippen LogP contribution in [0, 0.1) is 13.8 Å². The van der Waals surface area contributed by atoms with Gasteiger partial charge in [-0.2, -0.15) is 0 Å². The zero-order chi connectivity index (χ0) is 22.5. The number of hydrogen-bond donors (Lipinski definition) is 2. The van der Waals surface area contributed by atoms with Crippen LogP contribution < -0.4 is 10.6 Å². The Kier molecular flexibility index (Phi) is 7.02. The van der Waals surface area contributed by atoms with Crippen LogP contribution in [0.2, 0.25) is 0 Å². The molecule has 1 atom stereocenters. The molecule has 0 radical (unpaired) electrons. The molecule has 2 aromatic carbocycles. The summed E-state index contributed by atoms with van der Waals surface area (Å²) in [5.74, 6) is -0.0344. The van der Waals surface area contributed by atoms with E-state index >= 15 is 0 Å². The zero-order valence-corrected chi connectivity index (χ0v) is 19.3. The van der Waals surface area contributed by atoms with Crippen LogP contribution >= 0.6 is 11.3 Å². The molecule has 6 heteroatoms. The summed E-state index contributed by atoms with van der Waals surface area (Å²) in [7, 11) is 0. The average molecular weight is 448 g/mol. The Labute approximate surface area is 193 Å². The van der Waals surface area contributed by atoms with Gasteiger partial charge in [-0.15, -0.1) is 11.3 Å². The van der Waals surface area contributed by atoms with E-state index in [1.54, 1.807) is 0 Å². The van der Waals surface area contributed by atoms with Crippen molar-refractivity contribution in [3.05, 3.63) is 87.6 Å². The highest BCUT2D eigenvalue weighted by molar-refractivity contribution is 7.12. The van der Waals surface area contributed by atoms with Gasteiger partial charge in [-0.1, -0.05) is 42.5 Å². The molecule has 1 aliphatic heterocycles.